The van der Waals surface area contributed by atoms with Crippen molar-refractivity contribution < 1.29 is 18.3 Å². The smallest absolute Gasteiger partial charge is 0.304 e. The van der Waals surface area contributed by atoms with E-state index in [1.165, 1.54) is 4.31 Å². The van der Waals surface area contributed by atoms with Crippen LogP contribution in [0.5, 0.6) is 0 Å². The van der Waals surface area contributed by atoms with Crippen molar-refractivity contribution in [2.75, 3.05) is 5.75 Å². The van der Waals surface area contributed by atoms with Gasteiger partial charge in [0, 0.05) is 17.1 Å². The predicted molar refractivity (Wildman–Crippen MR) is 78.7 cm³/mol. The lowest BCUT2D eigenvalue weighted by molar-refractivity contribution is -0.136. The van der Waals surface area contributed by atoms with Gasteiger partial charge in [-0.2, -0.15) is 4.31 Å². The number of carboxylic acids is 1. The minimum atomic E-state index is -3.54. The third-order valence-corrected chi connectivity index (χ3v) is 5.80. The fraction of sp³-hybridized carbons (Fsp3) is 0.462. The highest BCUT2D eigenvalue weighted by atomic mass is 79.9. The van der Waals surface area contributed by atoms with E-state index in [9.17, 15) is 13.2 Å². The van der Waals surface area contributed by atoms with E-state index in [2.05, 4.69) is 15.9 Å². The number of rotatable bonds is 7. The van der Waals surface area contributed by atoms with Crippen LogP contribution in [0.1, 0.15) is 24.8 Å². The molecule has 0 saturated heterocycles. The summed E-state index contributed by atoms with van der Waals surface area (Å²) in [6.45, 7) is 0.286. The van der Waals surface area contributed by atoms with Crippen LogP contribution in [0.15, 0.2) is 28.7 Å². The molecule has 7 heteroatoms. The molecule has 1 aliphatic rings. The number of sulfonamides is 1. The van der Waals surface area contributed by atoms with Crippen molar-refractivity contribution >= 4 is 31.9 Å². The molecule has 0 atom stereocenters. The van der Waals surface area contributed by atoms with Crippen LogP contribution in [-0.4, -0.2) is 35.6 Å². The lowest BCUT2D eigenvalue weighted by Crippen LogP contribution is -2.35. The summed E-state index contributed by atoms with van der Waals surface area (Å²) in [5.74, 6) is -1.44. The average molecular weight is 362 g/mol. The van der Waals surface area contributed by atoms with Gasteiger partial charge in [-0.1, -0.05) is 34.1 Å². The highest BCUT2D eigenvalue weighted by Crippen LogP contribution is 2.32. The lowest BCUT2D eigenvalue weighted by Gasteiger charge is -2.22. The zero-order chi connectivity index (χ0) is 14.8. The highest BCUT2D eigenvalue weighted by Gasteiger charge is 2.37. The minimum Gasteiger partial charge on any atom is -0.481 e. The van der Waals surface area contributed by atoms with Crippen LogP contribution < -0.4 is 0 Å². The summed E-state index contributed by atoms with van der Waals surface area (Å²) >= 11 is 3.41. The van der Waals surface area contributed by atoms with E-state index in [-0.39, 0.29) is 24.8 Å². The minimum absolute atomic E-state index is 0.0147. The number of aliphatic carboxylic acids is 1. The standard InChI is InChI=1S/C13H16BrNO4S/c14-12-4-2-1-3-10(12)9-15(11-5-6-11)20(18,19)8-7-13(16)17/h1-4,11H,5-9H2,(H,16,17). The molecule has 0 heterocycles. The molecule has 0 unspecified atom stereocenters. The van der Waals surface area contributed by atoms with E-state index in [0.717, 1.165) is 22.9 Å². The molecule has 1 fully saturated rings. The summed E-state index contributed by atoms with van der Waals surface area (Å²) in [7, 11) is -3.54. The predicted octanol–water partition coefficient (Wildman–Crippen LogP) is 2.22. The van der Waals surface area contributed by atoms with Gasteiger partial charge in [-0.25, -0.2) is 8.42 Å². The molecule has 0 spiro atoms. The van der Waals surface area contributed by atoms with Crippen LogP contribution in [0, 0.1) is 0 Å². The molecule has 110 valence electrons. The summed E-state index contributed by atoms with van der Waals surface area (Å²) in [6, 6.07) is 7.47. The van der Waals surface area contributed by atoms with Crippen LogP contribution in [0.4, 0.5) is 0 Å². The van der Waals surface area contributed by atoms with Gasteiger partial charge in [-0.15, -0.1) is 0 Å². The first-order valence-corrected chi connectivity index (χ1v) is 8.75. The Balaban J connectivity index is 2.15. The number of carbonyl (C=O) groups is 1. The van der Waals surface area contributed by atoms with E-state index in [1.807, 2.05) is 24.3 Å². The summed E-state index contributed by atoms with van der Waals surface area (Å²) < 4.78 is 26.9. The normalized spacial score (nSPS) is 15.5. The van der Waals surface area contributed by atoms with E-state index < -0.39 is 16.0 Å². The number of benzene rings is 1. The Morgan fingerprint density at radius 2 is 2.00 bits per heavy atom. The van der Waals surface area contributed by atoms with Crippen LogP contribution in [0.25, 0.3) is 0 Å². The van der Waals surface area contributed by atoms with Gasteiger partial charge in [-0.3, -0.25) is 4.79 Å². The SMILES string of the molecule is O=C(O)CCS(=O)(=O)N(Cc1ccccc1Br)C1CC1. The fourth-order valence-corrected chi connectivity index (χ4v) is 4.02. The molecular formula is C13H16BrNO4S. The van der Waals surface area contributed by atoms with E-state index >= 15 is 0 Å². The Hall–Kier alpha value is -0.920. The number of nitrogens with zero attached hydrogens (tertiary/aromatic N) is 1. The van der Waals surface area contributed by atoms with E-state index in [1.54, 1.807) is 0 Å². The van der Waals surface area contributed by atoms with Crippen LogP contribution in [0.3, 0.4) is 0 Å². The number of halogens is 1. The van der Waals surface area contributed by atoms with E-state index in [4.69, 9.17) is 5.11 Å². The molecule has 20 heavy (non-hydrogen) atoms. The number of carboxylic acid groups (broad SMARTS) is 1. The topological polar surface area (TPSA) is 74.7 Å². The molecule has 1 N–H and O–H groups in total. The van der Waals surface area contributed by atoms with Crippen molar-refractivity contribution in [2.24, 2.45) is 0 Å². The van der Waals surface area contributed by atoms with Gasteiger partial charge in [0.25, 0.3) is 0 Å². The molecule has 5 nitrogen and oxygen atoms in total. The lowest BCUT2D eigenvalue weighted by atomic mass is 10.2. The zero-order valence-corrected chi connectivity index (χ0v) is 13.2. The zero-order valence-electron chi connectivity index (χ0n) is 10.8. The quantitative estimate of drug-likeness (QED) is 0.807. The molecule has 0 amide bonds. The van der Waals surface area contributed by atoms with Gasteiger partial charge in [0.15, 0.2) is 0 Å². The molecule has 1 aromatic rings. The van der Waals surface area contributed by atoms with Crippen LogP contribution in [-0.2, 0) is 21.4 Å². The number of hydrogen-bond acceptors (Lipinski definition) is 3. The second-order valence-electron chi connectivity index (χ2n) is 4.83. The summed E-state index contributed by atoms with van der Waals surface area (Å²) in [4.78, 5) is 10.6. The monoisotopic (exact) mass is 361 g/mol. The van der Waals surface area contributed by atoms with E-state index in [0.29, 0.717) is 0 Å². The van der Waals surface area contributed by atoms with Crippen molar-refractivity contribution in [1.29, 1.82) is 0 Å². The third-order valence-electron chi connectivity index (χ3n) is 3.17. The van der Waals surface area contributed by atoms with Gasteiger partial charge in [0.05, 0.1) is 12.2 Å². The maximum atomic E-state index is 12.3. The Labute approximate surface area is 126 Å². The van der Waals surface area contributed by atoms with Crippen molar-refractivity contribution in [2.45, 2.75) is 31.8 Å². The molecule has 0 bridgehead atoms. The maximum absolute atomic E-state index is 12.3. The Morgan fingerprint density at radius 3 is 2.55 bits per heavy atom. The van der Waals surface area contributed by atoms with Gasteiger partial charge in [0.1, 0.15) is 0 Å². The van der Waals surface area contributed by atoms with Crippen LogP contribution in [0.2, 0.25) is 0 Å². The summed E-state index contributed by atoms with van der Waals surface area (Å²) in [5, 5.41) is 8.66. The Bertz CT molecular complexity index is 598. The van der Waals surface area contributed by atoms with Gasteiger partial charge in [0.2, 0.25) is 10.0 Å². The third kappa shape index (κ3) is 4.04. The van der Waals surface area contributed by atoms with Crippen molar-refractivity contribution in [3.8, 4) is 0 Å². The van der Waals surface area contributed by atoms with Crippen molar-refractivity contribution in [1.82, 2.24) is 4.31 Å². The molecule has 0 aromatic heterocycles. The summed E-state index contributed by atoms with van der Waals surface area (Å²) in [5.41, 5.74) is 0.887. The molecule has 0 radical (unpaired) electrons. The maximum Gasteiger partial charge on any atom is 0.304 e. The molecule has 2 rings (SSSR count). The first-order chi connectivity index (χ1) is 9.40. The fourth-order valence-electron chi connectivity index (χ4n) is 1.95. The second-order valence-corrected chi connectivity index (χ2v) is 7.72. The molecule has 1 saturated carbocycles. The van der Waals surface area contributed by atoms with Gasteiger partial charge < -0.3 is 5.11 Å². The van der Waals surface area contributed by atoms with Gasteiger partial charge >= 0.3 is 5.97 Å². The van der Waals surface area contributed by atoms with Crippen molar-refractivity contribution in [3.63, 3.8) is 0 Å². The highest BCUT2D eigenvalue weighted by molar-refractivity contribution is 9.10. The Kier molecular flexibility index (Phi) is 4.82. The first-order valence-electron chi connectivity index (χ1n) is 6.35. The average Bonchev–Trinajstić information content (AvgIpc) is 3.19. The molecule has 1 aromatic carbocycles. The first kappa shape index (κ1) is 15.5. The molecule has 0 aliphatic heterocycles. The van der Waals surface area contributed by atoms with Crippen molar-refractivity contribution in [3.05, 3.63) is 34.3 Å². The largest absolute Gasteiger partial charge is 0.481 e. The Morgan fingerprint density at radius 1 is 1.35 bits per heavy atom. The second kappa shape index (κ2) is 6.24. The summed E-state index contributed by atoms with van der Waals surface area (Å²) in [6.07, 6.45) is 1.33. The molecule has 1 aliphatic carbocycles. The van der Waals surface area contributed by atoms with Gasteiger partial charge in [-0.05, 0) is 24.5 Å². The number of hydrogen-bond donors (Lipinski definition) is 1. The van der Waals surface area contributed by atoms with Crippen LogP contribution >= 0.6 is 15.9 Å². The molecular weight excluding hydrogens is 346 g/mol.